The second-order valence-corrected chi connectivity index (χ2v) is 30.5. The number of azide groups is 3. The summed E-state index contributed by atoms with van der Waals surface area (Å²) in [5, 5.41) is 44.4. The zero-order valence-electron chi connectivity index (χ0n) is 70.5. The fourth-order valence-corrected chi connectivity index (χ4v) is 12.5. The minimum absolute atomic E-state index is 0. The standard InChI is InChI=1S/C17H27N5O.C17H26N5O.C11H13BrN2O.C11H13N5O.C10H13BrN2O3.C6H6N2O3.C4H8Br2.C4H8O.2CH4.HI.N3.Na/c2*1-13(2)21-12-22(14(3)4)17-11-15(7-8-16(17)21)23-10-6-5-9-19-20-18;12-5-1-2-6-15-9-3-4-10-11(7-9)14-8-13-10;12-16-15-5-1-2-6-17-9-3-4-10-11(7-9)14-8-13-10;11-5-1-2-6-16-8-3-4-9(12)10(7-8)13(14)15;7-5-2-1-4(9)3-6(5)8(10)11;5-3-1-2-4-6;1-2-4-5-3-1;;;;1-3-2;/h7-8,11,13-14H,5-6,9-10,12H2,1-4H3;7-8,11-14H,5-6,9-10H2,1-4H3;3-4,7-8H,1-2,5-6H2,(H,13,14);3-4,7-8H,1-2,5-6H2,(H,13,14);3-4,7H,1-2,5-6,12H2;1-3,9H,7H2;1-4H2;1-4H2;2*1H4;1H;;/q;+1;;;;;;;;;;-1;+1/p-1. The van der Waals surface area contributed by atoms with Gasteiger partial charge in [-0.25, -0.2) is 19.1 Å². The molecule has 5 heterocycles. The van der Waals surface area contributed by atoms with Gasteiger partial charge < -0.3 is 99.8 Å². The average Bonchev–Trinajstić information content (AvgIpc) is 1.64. The van der Waals surface area contributed by atoms with Gasteiger partial charge in [0.2, 0.25) is 6.33 Å². The average molecular weight is 2090 g/mol. The number of aromatic nitrogens is 6. The minimum atomic E-state index is -0.644. The normalized spacial score (nSPS) is 11.0. The minimum Gasteiger partial charge on any atom is -1.00 e. The number of nitrogen functional groups attached to an aromatic ring is 2. The van der Waals surface area contributed by atoms with E-state index in [4.69, 9.17) is 72.7 Å². The molecule has 3 aromatic heterocycles. The van der Waals surface area contributed by atoms with Gasteiger partial charge in [0.1, 0.15) is 45.9 Å². The van der Waals surface area contributed by atoms with E-state index in [1.807, 2.05) is 48.5 Å². The van der Waals surface area contributed by atoms with E-state index in [-0.39, 0.29) is 96.9 Å². The summed E-state index contributed by atoms with van der Waals surface area (Å²) in [5.74, 6) is 3.84. The molecule has 0 amide bonds. The Morgan fingerprint density at radius 1 is 0.520 bits per heavy atom. The van der Waals surface area contributed by atoms with E-state index in [9.17, 15) is 20.2 Å². The number of alkyl halides is 4. The number of hydrogen-bond donors (Lipinski definition) is 5. The largest absolute Gasteiger partial charge is 1.00 e. The number of phenolic OH excluding ortho intramolecular Hbond substituents is 1. The van der Waals surface area contributed by atoms with Crippen molar-refractivity contribution in [1.29, 1.82) is 0 Å². The molecule has 41 heteroatoms. The quantitative estimate of drug-likeness (QED) is 0.00196. The second-order valence-electron chi connectivity index (χ2n) is 27.3. The zero-order valence-corrected chi connectivity index (χ0v) is 81.0. The Hall–Kier alpha value is -8.62. The molecule has 0 atom stereocenters. The van der Waals surface area contributed by atoms with Crippen LogP contribution >= 0.6 is 63.7 Å². The predicted octanol–water partition coefficient (Wildman–Crippen LogP) is 18.4. The van der Waals surface area contributed by atoms with Crippen molar-refractivity contribution < 1.29 is 101 Å². The Balaban J connectivity index is 0. The third-order valence-corrected chi connectivity index (χ3v) is 19.3. The van der Waals surface area contributed by atoms with Gasteiger partial charge in [0.05, 0.1) is 120 Å². The maximum absolute atomic E-state index is 10.6. The van der Waals surface area contributed by atoms with Crippen LogP contribution in [0.1, 0.15) is 172 Å². The summed E-state index contributed by atoms with van der Waals surface area (Å²) in [7, 11) is 0. The molecule has 123 heavy (non-hydrogen) atoms. The molecule has 2 aliphatic heterocycles. The van der Waals surface area contributed by atoms with E-state index in [2.05, 4.69) is 219 Å². The Bertz CT molecular complexity index is 4570. The molecule has 35 nitrogen and oxygen atoms in total. The number of benzene rings is 6. The van der Waals surface area contributed by atoms with Gasteiger partial charge in [-0.1, -0.05) is 93.9 Å². The molecular formula is C82H122Br4IN24NaO11. The van der Waals surface area contributed by atoms with Crippen molar-refractivity contribution in [2.24, 2.45) is 15.3 Å². The Morgan fingerprint density at radius 3 is 1.27 bits per heavy atom. The summed E-state index contributed by atoms with van der Waals surface area (Å²) in [6.07, 6.45) is 20.0. The van der Waals surface area contributed by atoms with Crippen LogP contribution in [0.3, 0.4) is 0 Å². The van der Waals surface area contributed by atoms with Crippen LogP contribution < -0.4 is 103 Å². The van der Waals surface area contributed by atoms with E-state index >= 15 is 0 Å². The topological polar surface area (TPSA) is 492 Å². The van der Waals surface area contributed by atoms with Gasteiger partial charge >= 0.3 is 29.6 Å². The van der Waals surface area contributed by atoms with Gasteiger partial charge in [-0.05, 0) is 235 Å². The number of nitrogens with one attached hydrogen (secondary N) is 2. The van der Waals surface area contributed by atoms with Crippen LogP contribution in [0.4, 0.5) is 34.1 Å². The van der Waals surface area contributed by atoms with Gasteiger partial charge in [-0.15, -0.1) is 0 Å². The van der Waals surface area contributed by atoms with Crippen molar-refractivity contribution >= 4 is 131 Å². The third-order valence-electron chi connectivity index (χ3n) is 17.1. The number of rotatable bonds is 37. The number of phenols is 1. The third kappa shape index (κ3) is 46.8. The summed E-state index contributed by atoms with van der Waals surface area (Å²) in [6.45, 7) is 25.4. The van der Waals surface area contributed by atoms with E-state index < -0.39 is 9.85 Å². The number of unbranched alkanes of at least 4 members (excludes halogenated alkanes) is 6. The molecular weight excluding hydrogens is 1970 g/mol. The molecule has 672 valence electrons. The summed E-state index contributed by atoms with van der Waals surface area (Å²) in [6, 6.07) is 34.1. The maximum atomic E-state index is 10.6. The SMILES string of the molecule is BrCCCCBr.BrCCCCOc1ccc2nc[nH]c2c1.C.C.C1CCOC1.CC(C)N1CN(C(C)C)c2cc(OCCCCN=[N+]=[N-])ccc21.CC(C)n1c[n+](C(C)C)c2ccc(OCCCCN=[N+]=[N-])cc21.Nc1ccc(O)cc1[N+](=O)[O-].Nc1ccc(OCCCCBr)cc1[N+](=O)[O-].[I-].[N-]=[N+]=NCCCCOc1ccc2nc[nH]c2c1.[N-]=[N+]=[N-].[Na+]. The number of imidazole rings is 3. The van der Waals surface area contributed by atoms with Crippen molar-refractivity contribution in [3.63, 3.8) is 0 Å². The summed E-state index contributed by atoms with van der Waals surface area (Å²) < 4.78 is 37.8. The van der Waals surface area contributed by atoms with Crippen molar-refractivity contribution in [3.8, 4) is 34.5 Å². The van der Waals surface area contributed by atoms with Crippen LogP contribution in [0.25, 0.3) is 80.4 Å². The first-order valence-corrected chi connectivity index (χ1v) is 43.8. The molecule has 1 fully saturated rings. The van der Waals surface area contributed by atoms with Crippen LogP contribution in [-0.2, 0) is 4.74 Å². The monoisotopic (exact) mass is 2080 g/mol. The molecule has 0 spiro atoms. The van der Waals surface area contributed by atoms with E-state index in [1.54, 1.807) is 18.7 Å². The number of fused-ring (bicyclic) bond motifs is 4. The first kappa shape index (κ1) is 116. The smallest absolute Gasteiger partial charge is 1.00 e. The van der Waals surface area contributed by atoms with Crippen LogP contribution in [0.5, 0.6) is 34.5 Å². The fraction of sp³-hybridized carbons (Fsp3) is 0.524. The number of aromatic amines is 2. The van der Waals surface area contributed by atoms with Crippen LogP contribution in [0.2, 0.25) is 0 Å². The van der Waals surface area contributed by atoms with E-state index in [0.717, 1.165) is 163 Å². The van der Waals surface area contributed by atoms with Crippen molar-refractivity contribution in [2.75, 3.05) is 115 Å². The van der Waals surface area contributed by atoms with Gasteiger partial charge in [0.15, 0.2) is 11.0 Å². The molecule has 2 aliphatic rings. The number of nitrogens with zero attached hydrogens (tertiary/aromatic N) is 20. The first-order valence-electron chi connectivity index (χ1n) is 39.3. The van der Waals surface area contributed by atoms with Crippen LogP contribution in [-0.4, -0.2) is 145 Å². The molecule has 7 N–H and O–H groups in total. The molecule has 9 aromatic rings. The number of nitro benzene ring substituents is 2. The van der Waals surface area contributed by atoms with Gasteiger partial charge in [0, 0.05) is 105 Å². The van der Waals surface area contributed by atoms with Gasteiger partial charge in [-0.3, -0.25) is 25.1 Å². The van der Waals surface area contributed by atoms with Gasteiger partial charge in [-0.2, -0.15) is 0 Å². The Labute approximate surface area is 795 Å². The molecule has 0 saturated carbocycles. The molecule has 1 saturated heterocycles. The number of H-pyrrole nitrogens is 2. The molecule has 0 unspecified atom stereocenters. The molecule has 11 rings (SSSR count). The fourth-order valence-electron chi connectivity index (χ4n) is 10.9. The number of aromatic hydroxyl groups is 1. The number of hydrogen-bond acceptors (Lipinski definition) is 20. The van der Waals surface area contributed by atoms with Crippen molar-refractivity contribution in [3.05, 3.63) is 196 Å². The maximum Gasteiger partial charge on any atom is 1.00 e. The van der Waals surface area contributed by atoms with E-state index in [1.165, 1.54) is 77.3 Å². The first-order chi connectivity index (χ1) is 57.5. The number of nitrogens with two attached hydrogens (primary N) is 2. The molecule has 6 aromatic carbocycles. The zero-order chi connectivity index (χ0) is 87.5. The summed E-state index contributed by atoms with van der Waals surface area (Å²) in [4.78, 5) is 48.5. The predicted molar refractivity (Wildman–Crippen MR) is 502 cm³/mol. The van der Waals surface area contributed by atoms with Crippen LogP contribution in [0.15, 0.2) is 144 Å². The summed E-state index contributed by atoms with van der Waals surface area (Å²) in [5.41, 5.74) is 57.4. The number of ether oxygens (including phenoxy) is 6. The molecule has 0 aliphatic carbocycles. The number of nitro groups is 2. The Morgan fingerprint density at radius 2 is 0.886 bits per heavy atom. The van der Waals surface area contributed by atoms with Crippen LogP contribution in [0, 0.1) is 20.2 Å². The number of anilines is 4. The number of halogens is 5. The second kappa shape index (κ2) is 70.6. The van der Waals surface area contributed by atoms with Crippen molar-refractivity contribution in [2.45, 2.75) is 184 Å². The summed E-state index contributed by atoms with van der Waals surface area (Å²) >= 11 is 13.4. The van der Waals surface area contributed by atoms with Crippen molar-refractivity contribution in [1.82, 2.24) is 24.5 Å². The van der Waals surface area contributed by atoms with E-state index in [0.29, 0.717) is 76.0 Å². The molecule has 0 radical (unpaired) electrons. The van der Waals surface area contributed by atoms with Gasteiger partial charge in [0.25, 0.3) is 11.4 Å². The molecule has 0 bridgehead atoms. The Kier molecular flexibility index (Phi) is 66.9.